The molecule has 0 bridgehead atoms. The number of aryl methyl sites for hydroxylation is 2. The van der Waals surface area contributed by atoms with E-state index in [9.17, 15) is 0 Å². The van der Waals surface area contributed by atoms with Crippen molar-refractivity contribution in [3.05, 3.63) is 47.8 Å². The Hall–Kier alpha value is -2.20. The molecular formula is C15H16N4. The molecule has 0 radical (unpaired) electrons. The van der Waals surface area contributed by atoms with Gasteiger partial charge in [-0.15, -0.1) is 0 Å². The predicted octanol–water partition coefficient (Wildman–Crippen LogP) is 2.40. The molecule has 0 spiro atoms. The molecule has 3 aromatic rings. The first-order valence-electron chi connectivity index (χ1n) is 6.26. The van der Waals surface area contributed by atoms with E-state index in [1.165, 1.54) is 0 Å². The lowest BCUT2D eigenvalue weighted by atomic mass is 10.2. The second kappa shape index (κ2) is 4.48. The molecule has 2 aromatic heterocycles. The van der Waals surface area contributed by atoms with Crippen LogP contribution in [0.3, 0.4) is 0 Å². The number of fused-ring (bicyclic) bond motifs is 1. The summed E-state index contributed by atoms with van der Waals surface area (Å²) in [6, 6.07) is 8.23. The van der Waals surface area contributed by atoms with E-state index in [-0.39, 0.29) is 0 Å². The van der Waals surface area contributed by atoms with Crippen LogP contribution in [0.2, 0.25) is 0 Å². The maximum Gasteiger partial charge on any atom is 0.142 e. The molecule has 96 valence electrons. The van der Waals surface area contributed by atoms with Crippen LogP contribution in [0.25, 0.3) is 22.4 Å². The standard InChI is InChI=1S/C15H16N4/c1-10-5-12(9-17-8-10)15-18-13-4-3-11(7-16)6-14(13)19(15)2/h3-6,8-9H,7,16H2,1-2H3. The number of rotatable bonds is 2. The van der Waals surface area contributed by atoms with Crippen molar-refractivity contribution >= 4 is 11.0 Å². The molecule has 1 aromatic carbocycles. The summed E-state index contributed by atoms with van der Waals surface area (Å²) in [5.41, 5.74) is 11.1. The van der Waals surface area contributed by atoms with Crippen molar-refractivity contribution in [1.29, 1.82) is 0 Å². The number of nitrogens with two attached hydrogens (primary N) is 1. The van der Waals surface area contributed by atoms with Gasteiger partial charge in [0, 0.05) is 31.5 Å². The highest BCUT2D eigenvalue weighted by atomic mass is 15.1. The maximum atomic E-state index is 5.69. The number of nitrogens with zero attached hydrogens (tertiary/aromatic N) is 3. The molecule has 0 aliphatic carbocycles. The van der Waals surface area contributed by atoms with Crippen LogP contribution in [-0.4, -0.2) is 14.5 Å². The minimum atomic E-state index is 0.544. The molecule has 0 saturated heterocycles. The topological polar surface area (TPSA) is 56.7 Å². The Kier molecular flexibility index (Phi) is 2.80. The number of hydrogen-bond acceptors (Lipinski definition) is 3. The molecule has 0 unspecified atom stereocenters. The fourth-order valence-electron chi connectivity index (χ4n) is 2.30. The summed E-state index contributed by atoms with van der Waals surface area (Å²) in [6.45, 7) is 2.58. The summed E-state index contributed by atoms with van der Waals surface area (Å²) in [5, 5.41) is 0. The lowest BCUT2D eigenvalue weighted by molar-refractivity contribution is 0.954. The lowest BCUT2D eigenvalue weighted by Crippen LogP contribution is -1.97. The molecule has 19 heavy (non-hydrogen) atoms. The fourth-order valence-corrected chi connectivity index (χ4v) is 2.30. The first-order valence-corrected chi connectivity index (χ1v) is 6.26. The Labute approximate surface area is 111 Å². The lowest BCUT2D eigenvalue weighted by Gasteiger charge is -2.03. The zero-order chi connectivity index (χ0) is 13.4. The molecule has 0 aliphatic rings. The molecule has 2 N–H and O–H groups in total. The first kappa shape index (κ1) is 11.9. The smallest absolute Gasteiger partial charge is 0.142 e. The second-order valence-electron chi connectivity index (χ2n) is 4.77. The van der Waals surface area contributed by atoms with E-state index in [2.05, 4.69) is 26.7 Å². The molecule has 0 aliphatic heterocycles. The van der Waals surface area contributed by atoms with E-state index in [0.717, 1.165) is 33.5 Å². The molecular weight excluding hydrogens is 236 g/mol. The van der Waals surface area contributed by atoms with Gasteiger partial charge in [-0.25, -0.2) is 4.98 Å². The van der Waals surface area contributed by atoms with Gasteiger partial charge in [0.05, 0.1) is 11.0 Å². The van der Waals surface area contributed by atoms with Gasteiger partial charge in [0.1, 0.15) is 5.82 Å². The molecule has 0 fully saturated rings. The van der Waals surface area contributed by atoms with Crippen LogP contribution in [0.1, 0.15) is 11.1 Å². The molecule has 4 heteroatoms. The average molecular weight is 252 g/mol. The molecule has 0 amide bonds. The van der Waals surface area contributed by atoms with E-state index in [0.29, 0.717) is 6.54 Å². The van der Waals surface area contributed by atoms with Crippen LogP contribution in [-0.2, 0) is 13.6 Å². The largest absolute Gasteiger partial charge is 0.327 e. The quantitative estimate of drug-likeness (QED) is 0.762. The Morgan fingerprint density at radius 2 is 2.05 bits per heavy atom. The average Bonchev–Trinajstić information content (AvgIpc) is 2.76. The van der Waals surface area contributed by atoms with Gasteiger partial charge in [-0.3, -0.25) is 4.98 Å². The molecule has 0 atom stereocenters. The summed E-state index contributed by atoms with van der Waals surface area (Å²) >= 11 is 0. The summed E-state index contributed by atoms with van der Waals surface area (Å²) in [7, 11) is 2.02. The zero-order valence-corrected chi connectivity index (χ0v) is 11.1. The Balaban J connectivity index is 2.22. The van der Waals surface area contributed by atoms with E-state index >= 15 is 0 Å². The van der Waals surface area contributed by atoms with E-state index in [1.807, 2.05) is 38.5 Å². The van der Waals surface area contributed by atoms with Crippen molar-refractivity contribution in [3.8, 4) is 11.4 Å². The van der Waals surface area contributed by atoms with Crippen LogP contribution >= 0.6 is 0 Å². The van der Waals surface area contributed by atoms with Gasteiger partial charge in [0.25, 0.3) is 0 Å². The summed E-state index contributed by atoms with van der Waals surface area (Å²) in [4.78, 5) is 8.91. The number of pyridine rings is 1. The van der Waals surface area contributed by atoms with Gasteiger partial charge in [-0.1, -0.05) is 6.07 Å². The molecule has 4 nitrogen and oxygen atoms in total. The van der Waals surface area contributed by atoms with Crippen LogP contribution in [0, 0.1) is 6.92 Å². The number of benzene rings is 1. The fraction of sp³-hybridized carbons (Fsp3) is 0.200. The van der Waals surface area contributed by atoms with Crippen molar-refractivity contribution in [1.82, 2.24) is 14.5 Å². The van der Waals surface area contributed by atoms with Gasteiger partial charge in [0.2, 0.25) is 0 Å². The highest BCUT2D eigenvalue weighted by molar-refractivity contribution is 5.81. The molecule has 0 saturated carbocycles. The van der Waals surface area contributed by atoms with Crippen LogP contribution in [0.5, 0.6) is 0 Å². The maximum absolute atomic E-state index is 5.69. The minimum Gasteiger partial charge on any atom is -0.327 e. The summed E-state index contributed by atoms with van der Waals surface area (Å²) in [5.74, 6) is 0.931. The number of hydrogen-bond donors (Lipinski definition) is 1. The van der Waals surface area contributed by atoms with Crippen molar-refractivity contribution in [3.63, 3.8) is 0 Å². The first-order chi connectivity index (χ1) is 9.19. The van der Waals surface area contributed by atoms with Gasteiger partial charge < -0.3 is 10.3 Å². The predicted molar refractivity (Wildman–Crippen MR) is 76.6 cm³/mol. The summed E-state index contributed by atoms with van der Waals surface area (Å²) in [6.07, 6.45) is 3.69. The highest BCUT2D eigenvalue weighted by Gasteiger charge is 2.10. The minimum absolute atomic E-state index is 0.544. The SMILES string of the molecule is Cc1cncc(-c2nc3ccc(CN)cc3n2C)c1. The number of imidazole rings is 1. The Morgan fingerprint density at radius 1 is 1.21 bits per heavy atom. The third-order valence-corrected chi connectivity index (χ3v) is 3.31. The van der Waals surface area contributed by atoms with E-state index < -0.39 is 0 Å². The van der Waals surface area contributed by atoms with Crippen molar-refractivity contribution in [2.75, 3.05) is 0 Å². The van der Waals surface area contributed by atoms with Gasteiger partial charge in [-0.2, -0.15) is 0 Å². The number of aromatic nitrogens is 3. The molecule has 3 rings (SSSR count). The Morgan fingerprint density at radius 3 is 2.79 bits per heavy atom. The van der Waals surface area contributed by atoms with E-state index in [4.69, 9.17) is 5.73 Å². The van der Waals surface area contributed by atoms with Gasteiger partial charge >= 0.3 is 0 Å². The van der Waals surface area contributed by atoms with Crippen molar-refractivity contribution in [2.45, 2.75) is 13.5 Å². The van der Waals surface area contributed by atoms with Crippen molar-refractivity contribution < 1.29 is 0 Å². The van der Waals surface area contributed by atoms with Gasteiger partial charge in [0.15, 0.2) is 0 Å². The Bertz CT molecular complexity index is 743. The second-order valence-corrected chi connectivity index (χ2v) is 4.77. The van der Waals surface area contributed by atoms with Gasteiger partial charge in [-0.05, 0) is 36.2 Å². The highest BCUT2D eigenvalue weighted by Crippen LogP contribution is 2.24. The summed E-state index contributed by atoms with van der Waals surface area (Å²) < 4.78 is 2.09. The monoisotopic (exact) mass is 252 g/mol. The molecule has 2 heterocycles. The zero-order valence-electron chi connectivity index (χ0n) is 11.1. The van der Waals surface area contributed by atoms with Crippen LogP contribution < -0.4 is 5.73 Å². The van der Waals surface area contributed by atoms with E-state index in [1.54, 1.807) is 0 Å². The van der Waals surface area contributed by atoms with Crippen molar-refractivity contribution in [2.24, 2.45) is 12.8 Å². The van der Waals surface area contributed by atoms with Crippen LogP contribution in [0.4, 0.5) is 0 Å². The third kappa shape index (κ3) is 2.00. The van der Waals surface area contributed by atoms with Crippen LogP contribution in [0.15, 0.2) is 36.7 Å². The normalized spacial score (nSPS) is 11.1. The third-order valence-electron chi connectivity index (χ3n) is 3.31.